The number of carbonyl (C=O) groups is 2. The van der Waals surface area contributed by atoms with E-state index in [-0.39, 0.29) is 29.2 Å². The summed E-state index contributed by atoms with van der Waals surface area (Å²) in [5.41, 5.74) is 1.51. The first-order valence-electron chi connectivity index (χ1n) is 9.45. The standard InChI is InChI=1S/C21H22FN5O2S/c1-2-27(13-18(28)23-12-15-8-10-16(22)11-9-15)14-19-25-26-21(30-19)20(29)24-17-6-4-3-5-7-17/h3-11H,2,12-14H2,1H3,(H,23,28)(H,24,29). The van der Waals surface area contributed by atoms with Gasteiger partial charge in [0, 0.05) is 12.2 Å². The zero-order valence-corrected chi connectivity index (χ0v) is 17.3. The predicted molar refractivity (Wildman–Crippen MR) is 114 cm³/mol. The van der Waals surface area contributed by atoms with Gasteiger partial charge >= 0.3 is 0 Å². The van der Waals surface area contributed by atoms with Crippen LogP contribution in [-0.4, -0.2) is 40.0 Å². The molecule has 0 bridgehead atoms. The van der Waals surface area contributed by atoms with Gasteiger partial charge in [-0.3, -0.25) is 14.5 Å². The predicted octanol–water partition coefficient (Wildman–Crippen LogP) is 3.07. The van der Waals surface area contributed by atoms with Crippen molar-refractivity contribution in [3.8, 4) is 0 Å². The molecule has 1 aromatic heterocycles. The van der Waals surface area contributed by atoms with Crippen molar-refractivity contribution in [1.29, 1.82) is 0 Å². The Morgan fingerprint density at radius 3 is 2.50 bits per heavy atom. The van der Waals surface area contributed by atoms with Gasteiger partial charge in [0.1, 0.15) is 10.8 Å². The molecular formula is C21H22FN5O2S. The maximum Gasteiger partial charge on any atom is 0.286 e. The molecule has 0 spiro atoms. The molecule has 2 N–H and O–H groups in total. The number of aromatic nitrogens is 2. The van der Waals surface area contributed by atoms with Crippen LogP contribution in [0.25, 0.3) is 0 Å². The first-order chi connectivity index (χ1) is 14.5. The number of hydrogen-bond donors (Lipinski definition) is 2. The summed E-state index contributed by atoms with van der Waals surface area (Å²) in [7, 11) is 0. The topological polar surface area (TPSA) is 87.2 Å². The maximum atomic E-state index is 12.9. The van der Waals surface area contributed by atoms with E-state index in [1.54, 1.807) is 24.3 Å². The SMILES string of the molecule is CCN(CC(=O)NCc1ccc(F)cc1)Cc1nnc(C(=O)Nc2ccccc2)s1. The van der Waals surface area contributed by atoms with E-state index in [1.165, 1.54) is 23.5 Å². The van der Waals surface area contributed by atoms with E-state index < -0.39 is 0 Å². The van der Waals surface area contributed by atoms with Crippen molar-refractivity contribution in [1.82, 2.24) is 20.4 Å². The van der Waals surface area contributed by atoms with Crippen LogP contribution < -0.4 is 10.6 Å². The van der Waals surface area contributed by atoms with E-state index in [2.05, 4.69) is 20.8 Å². The van der Waals surface area contributed by atoms with Gasteiger partial charge in [-0.1, -0.05) is 48.6 Å². The number of halogens is 1. The van der Waals surface area contributed by atoms with Crippen molar-refractivity contribution in [3.05, 3.63) is 76.0 Å². The second kappa shape index (κ2) is 10.6. The van der Waals surface area contributed by atoms with Gasteiger partial charge in [-0.15, -0.1) is 10.2 Å². The third-order valence-electron chi connectivity index (χ3n) is 4.27. The Hall–Kier alpha value is -3.17. The molecule has 0 fully saturated rings. The highest BCUT2D eigenvalue weighted by Gasteiger charge is 2.16. The van der Waals surface area contributed by atoms with Crippen molar-refractivity contribution >= 4 is 28.8 Å². The fourth-order valence-electron chi connectivity index (χ4n) is 2.65. The summed E-state index contributed by atoms with van der Waals surface area (Å²) in [4.78, 5) is 26.4. The van der Waals surface area contributed by atoms with Crippen molar-refractivity contribution in [2.45, 2.75) is 20.0 Å². The summed E-state index contributed by atoms with van der Waals surface area (Å²) in [6.07, 6.45) is 0. The van der Waals surface area contributed by atoms with Gasteiger partial charge in [0.15, 0.2) is 0 Å². The molecule has 0 aliphatic rings. The number of nitrogens with zero attached hydrogens (tertiary/aromatic N) is 3. The molecule has 0 radical (unpaired) electrons. The molecule has 0 saturated carbocycles. The lowest BCUT2D eigenvalue weighted by Crippen LogP contribution is -2.36. The Bertz CT molecular complexity index is 979. The molecule has 30 heavy (non-hydrogen) atoms. The summed E-state index contributed by atoms with van der Waals surface area (Å²) in [6, 6.07) is 15.1. The lowest BCUT2D eigenvalue weighted by atomic mass is 10.2. The van der Waals surface area contributed by atoms with Crippen LogP contribution in [0.2, 0.25) is 0 Å². The highest BCUT2D eigenvalue weighted by Crippen LogP contribution is 2.15. The molecule has 0 aliphatic heterocycles. The molecule has 0 atom stereocenters. The summed E-state index contributed by atoms with van der Waals surface area (Å²) in [5, 5.41) is 14.6. The molecule has 2 aromatic carbocycles. The maximum absolute atomic E-state index is 12.9. The lowest BCUT2D eigenvalue weighted by Gasteiger charge is -2.18. The minimum Gasteiger partial charge on any atom is -0.351 e. The summed E-state index contributed by atoms with van der Waals surface area (Å²) in [5.74, 6) is -0.770. The molecule has 0 saturated heterocycles. The number of carbonyl (C=O) groups excluding carboxylic acids is 2. The molecule has 3 aromatic rings. The van der Waals surface area contributed by atoms with Gasteiger partial charge < -0.3 is 10.6 Å². The quantitative estimate of drug-likeness (QED) is 0.548. The Labute approximate surface area is 177 Å². The van der Waals surface area contributed by atoms with Gasteiger partial charge in [-0.05, 0) is 36.4 Å². The third kappa shape index (κ3) is 6.43. The second-order valence-electron chi connectivity index (χ2n) is 6.53. The van der Waals surface area contributed by atoms with E-state index in [4.69, 9.17) is 0 Å². The number of amides is 2. The Balaban J connectivity index is 1.49. The van der Waals surface area contributed by atoms with Crippen LogP contribution in [0.3, 0.4) is 0 Å². The van der Waals surface area contributed by atoms with Crippen molar-refractivity contribution in [2.75, 3.05) is 18.4 Å². The Morgan fingerprint density at radius 1 is 1.07 bits per heavy atom. The molecule has 7 nitrogen and oxygen atoms in total. The lowest BCUT2D eigenvalue weighted by molar-refractivity contribution is -0.122. The van der Waals surface area contributed by atoms with Crippen LogP contribution >= 0.6 is 11.3 Å². The van der Waals surface area contributed by atoms with E-state index in [0.717, 1.165) is 5.56 Å². The molecule has 0 unspecified atom stereocenters. The summed E-state index contributed by atoms with van der Waals surface area (Å²) >= 11 is 1.20. The Kier molecular flexibility index (Phi) is 7.58. The number of rotatable bonds is 9. The molecular weight excluding hydrogens is 405 g/mol. The van der Waals surface area contributed by atoms with E-state index >= 15 is 0 Å². The molecule has 9 heteroatoms. The fraction of sp³-hybridized carbons (Fsp3) is 0.238. The monoisotopic (exact) mass is 427 g/mol. The van der Waals surface area contributed by atoms with Crippen LogP contribution in [-0.2, 0) is 17.9 Å². The highest BCUT2D eigenvalue weighted by molar-refractivity contribution is 7.13. The van der Waals surface area contributed by atoms with Crippen LogP contribution in [0.5, 0.6) is 0 Å². The van der Waals surface area contributed by atoms with Crippen LogP contribution in [0.4, 0.5) is 10.1 Å². The van der Waals surface area contributed by atoms with Gasteiger partial charge in [-0.2, -0.15) is 0 Å². The molecule has 0 aliphatic carbocycles. The number of benzene rings is 2. The second-order valence-corrected chi connectivity index (χ2v) is 7.59. The number of likely N-dealkylation sites (N-methyl/N-ethyl adjacent to an activating group) is 1. The average molecular weight is 428 g/mol. The van der Waals surface area contributed by atoms with Gasteiger partial charge in [0.25, 0.3) is 5.91 Å². The fourth-order valence-corrected chi connectivity index (χ4v) is 3.43. The van der Waals surface area contributed by atoms with E-state index in [0.29, 0.717) is 30.3 Å². The molecule has 3 rings (SSSR count). The van der Waals surface area contributed by atoms with Crippen molar-refractivity contribution < 1.29 is 14.0 Å². The van der Waals surface area contributed by atoms with Crippen LogP contribution in [0.15, 0.2) is 54.6 Å². The minimum atomic E-state index is -0.315. The Morgan fingerprint density at radius 2 is 1.80 bits per heavy atom. The number of anilines is 1. The molecule has 1 heterocycles. The zero-order valence-electron chi connectivity index (χ0n) is 16.5. The summed E-state index contributed by atoms with van der Waals surface area (Å²) in [6.45, 7) is 3.51. The normalized spacial score (nSPS) is 10.8. The summed E-state index contributed by atoms with van der Waals surface area (Å²) < 4.78 is 12.9. The zero-order chi connectivity index (χ0) is 21.3. The van der Waals surface area contributed by atoms with Gasteiger partial charge in [-0.25, -0.2) is 4.39 Å². The number of nitrogens with one attached hydrogen (secondary N) is 2. The third-order valence-corrected chi connectivity index (χ3v) is 5.18. The van der Waals surface area contributed by atoms with Gasteiger partial charge in [0.05, 0.1) is 13.1 Å². The molecule has 156 valence electrons. The highest BCUT2D eigenvalue weighted by atomic mass is 32.1. The smallest absolute Gasteiger partial charge is 0.286 e. The first-order valence-corrected chi connectivity index (χ1v) is 10.3. The van der Waals surface area contributed by atoms with Crippen molar-refractivity contribution in [2.24, 2.45) is 0 Å². The van der Waals surface area contributed by atoms with Gasteiger partial charge in [0.2, 0.25) is 10.9 Å². The van der Waals surface area contributed by atoms with Crippen molar-refractivity contribution in [3.63, 3.8) is 0 Å². The number of para-hydroxylation sites is 1. The first kappa shape index (κ1) is 21.5. The largest absolute Gasteiger partial charge is 0.351 e. The van der Waals surface area contributed by atoms with E-state index in [9.17, 15) is 14.0 Å². The van der Waals surface area contributed by atoms with E-state index in [1.807, 2.05) is 30.0 Å². The molecule has 2 amide bonds. The van der Waals surface area contributed by atoms with Crippen LogP contribution in [0, 0.1) is 5.82 Å². The number of hydrogen-bond acceptors (Lipinski definition) is 6. The minimum absolute atomic E-state index is 0.146. The average Bonchev–Trinajstić information content (AvgIpc) is 3.22. The van der Waals surface area contributed by atoms with Crippen LogP contribution in [0.1, 0.15) is 27.3 Å².